The van der Waals surface area contributed by atoms with Gasteiger partial charge in [0.25, 0.3) is 11.8 Å². The van der Waals surface area contributed by atoms with Crippen LogP contribution in [0, 0.1) is 0 Å². The predicted octanol–water partition coefficient (Wildman–Crippen LogP) is 5.26. The van der Waals surface area contributed by atoms with Crippen LogP contribution in [0.4, 0.5) is 5.69 Å². The molecule has 2 amide bonds. The van der Waals surface area contributed by atoms with Gasteiger partial charge in [0.1, 0.15) is 5.75 Å². The number of nitrogens with zero attached hydrogens (tertiary/aromatic N) is 1. The quantitative estimate of drug-likeness (QED) is 0.435. The van der Waals surface area contributed by atoms with Gasteiger partial charge in [0.15, 0.2) is 5.11 Å². The van der Waals surface area contributed by atoms with Gasteiger partial charge in [-0.1, -0.05) is 49.4 Å². The number of thiocarbonyl (C=S) groups is 1. The Kier molecular flexibility index (Phi) is 8.76. The van der Waals surface area contributed by atoms with Crippen LogP contribution >= 0.6 is 12.2 Å². The Morgan fingerprint density at radius 1 is 0.971 bits per heavy atom. The number of benzene rings is 3. The Hall–Kier alpha value is -3.71. The van der Waals surface area contributed by atoms with E-state index in [4.69, 9.17) is 17.0 Å². The molecule has 0 aromatic heterocycles. The average Bonchev–Trinajstić information content (AvgIpc) is 2.84. The molecule has 1 atom stereocenters. The van der Waals surface area contributed by atoms with Crippen molar-refractivity contribution in [3.8, 4) is 5.75 Å². The summed E-state index contributed by atoms with van der Waals surface area (Å²) in [4.78, 5) is 27.3. The Morgan fingerprint density at radius 3 is 2.29 bits per heavy atom. The summed E-state index contributed by atoms with van der Waals surface area (Å²) in [5.41, 5.74) is 2.47. The lowest BCUT2D eigenvalue weighted by atomic mass is 10.1. The zero-order valence-electron chi connectivity index (χ0n) is 19.6. The van der Waals surface area contributed by atoms with Gasteiger partial charge in [-0.15, -0.1) is 0 Å². The largest absolute Gasteiger partial charge is 0.491 e. The van der Waals surface area contributed by atoms with E-state index in [1.807, 2.05) is 44.2 Å². The summed E-state index contributed by atoms with van der Waals surface area (Å²) in [6.45, 7) is 4.52. The molecule has 176 valence electrons. The third-order valence-corrected chi connectivity index (χ3v) is 5.47. The number of anilines is 1. The Balaban J connectivity index is 1.63. The second-order valence-electron chi connectivity index (χ2n) is 7.96. The first-order valence-corrected chi connectivity index (χ1v) is 11.6. The van der Waals surface area contributed by atoms with E-state index in [2.05, 4.69) is 10.6 Å². The maximum atomic E-state index is 13.1. The third kappa shape index (κ3) is 6.89. The lowest BCUT2D eigenvalue weighted by Crippen LogP contribution is -2.35. The van der Waals surface area contributed by atoms with Crippen molar-refractivity contribution in [3.05, 3.63) is 95.6 Å². The van der Waals surface area contributed by atoms with Gasteiger partial charge in [-0.25, -0.2) is 0 Å². The van der Waals surface area contributed by atoms with Gasteiger partial charge in [-0.2, -0.15) is 0 Å². The highest BCUT2D eigenvalue weighted by atomic mass is 32.1. The van der Waals surface area contributed by atoms with Crippen LogP contribution in [-0.4, -0.2) is 35.0 Å². The number of carbonyl (C=O) groups excluding carboxylic acids is 2. The molecule has 0 saturated heterocycles. The molecule has 0 aliphatic carbocycles. The number of rotatable bonds is 8. The number of amides is 2. The number of para-hydroxylation sites is 1. The lowest BCUT2D eigenvalue weighted by Gasteiger charge is -2.20. The van der Waals surface area contributed by atoms with Crippen molar-refractivity contribution >= 4 is 34.8 Å². The molecule has 0 bridgehead atoms. The second kappa shape index (κ2) is 12.0. The number of ether oxygens (including phenoxy) is 1. The molecular weight excluding hydrogens is 446 g/mol. The first-order valence-electron chi connectivity index (χ1n) is 11.1. The van der Waals surface area contributed by atoms with Crippen molar-refractivity contribution in [2.24, 2.45) is 0 Å². The van der Waals surface area contributed by atoms with Crippen LogP contribution in [0.25, 0.3) is 0 Å². The number of hydrogen-bond donors (Lipinski definition) is 2. The summed E-state index contributed by atoms with van der Waals surface area (Å²) < 4.78 is 5.74. The molecule has 0 spiro atoms. The molecule has 34 heavy (non-hydrogen) atoms. The monoisotopic (exact) mass is 475 g/mol. The summed E-state index contributed by atoms with van der Waals surface area (Å²) >= 11 is 5.33. The first kappa shape index (κ1) is 24.9. The standard InChI is InChI=1S/C27H29N3O3S/c1-4-19(2)33-22-16-14-21(15-17-22)25(31)29-27(34)28-24-13-9-8-12-23(24)26(32)30(3)18-20-10-6-5-7-11-20/h5-17,19H,4,18H2,1-3H3,(H2,28,29,31,34). The fourth-order valence-corrected chi connectivity index (χ4v) is 3.45. The molecule has 3 aromatic rings. The van der Waals surface area contributed by atoms with E-state index in [-0.39, 0.29) is 23.0 Å². The fourth-order valence-electron chi connectivity index (χ4n) is 3.24. The molecule has 0 radical (unpaired) electrons. The molecule has 0 heterocycles. The maximum absolute atomic E-state index is 13.1. The number of carbonyl (C=O) groups is 2. The molecule has 0 fully saturated rings. The topological polar surface area (TPSA) is 70.7 Å². The normalized spacial score (nSPS) is 11.3. The van der Waals surface area contributed by atoms with E-state index < -0.39 is 0 Å². The minimum Gasteiger partial charge on any atom is -0.491 e. The molecule has 1 unspecified atom stereocenters. The molecular formula is C27H29N3O3S. The van der Waals surface area contributed by atoms with Crippen LogP contribution in [0.2, 0.25) is 0 Å². The SMILES string of the molecule is CCC(C)Oc1ccc(C(=O)NC(=S)Nc2ccccc2C(=O)N(C)Cc2ccccc2)cc1. The average molecular weight is 476 g/mol. The van der Waals surface area contributed by atoms with E-state index in [0.717, 1.165) is 12.0 Å². The maximum Gasteiger partial charge on any atom is 0.257 e. The summed E-state index contributed by atoms with van der Waals surface area (Å²) in [5.74, 6) is 0.203. The molecule has 0 saturated carbocycles. The van der Waals surface area contributed by atoms with Crippen molar-refractivity contribution in [2.75, 3.05) is 12.4 Å². The van der Waals surface area contributed by atoms with Gasteiger partial charge in [-0.05, 0) is 67.5 Å². The highest BCUT2D eigenvalue weighted by molar-refractivity contribution is 7.80. The summed E-state index contributed by atoms with van der Waals surface area (Å²) in [7, 11) is 1.75. The van der Waals surface area contributed by atoms with Gasteiger partial charge < -0.3 is 15.0 Å². The first-order chi connectivity index (χ1) is 16.4. The van der Waals surface area contributed by atoms with E-state index in [1.54, 1.807) is 60.5 Å². The van der Waals surface area contributed by atoms with Crippen LogP contribution in [-0.2, 0) is 6.54 Å². The summed E-state index contributed by atoms with van der Waals surface area (Å²) in [6.07, 6.45) is 1.000. The van der Waals surface area contributed by atoms with Gasteiger partial charge in [0.05, 0.1) is 17.4 Å². The van der Waals surface area contributed by atoms with Crippen molar-refractivity contribution in [1.29, 1.82) is 0 Å². The number of nitrogens with one attached hydrogen (secondary N) is 2. The van der Waals surface area contributed by atoms with E-state index in [0.29, 0.717) is 29.1 Å². The highest BCUT2D eigenvalue weighted by Crippen LogP contribution is 2.19. The zero-order valence-corrected chi connectivity index (χ0v) is 20.4. The second-order valence-corrected chi connectivity index (χ2v) is 8.37. The van der Waals surface area contributed by atoms with Gasteiger partial charge in [-0.3, -0.25) is 14.9 Å². The molecule has 0 aliphatic rings. The summed E-state index contributed by atoms with van der Waals surface area (Å²) in [5, 5.41) is 5.76. The van der Waals surface area contributed by atoms with Crippen molar-refractivity contribution in [3.63, 3.8) is 0 Å². The van der Waals surface area contributed by atoms with Crippen LogP contribution in [0.15, 0.2) is 78.9 Å². The molecule has 0 aliphatic heterocycles. The zero-order chi connectivity index (χ0) is 24.5. The molecule has 2 N–H and O–H groups in total. The van der Waals surface area contributed by atoms with Crippen molar-refractivity contribution < 1.29 is 14.3 Å². The fraction of sp³-hybridized carbons (Fsp3) is 0.222. The lowest BCUT2D eigenvalue weighted by molar-refractivity contribution is 0.0786. The third-order valence-electron chi connectivity index (χ3n) is 5.27. The summed E-state index contributed by atoms with van der Waals surface area (Å²) in [6, 6.07) is 23.7. The van der Waals surface area contributed by atoms with Crippen LogP contribution in [0.1, 0.15) is 46.5 Å². The van der Waals surface area contributed by atoms with Crippen LogP contribution < -0.4 is 15.4 Å². The minimum absolute atomic E-state index is 0.103. The number of hydrogen-bond acceptors (Lipinski definition) is 4. The predicted molar refractivity (Wildman–Crippen MR) is 139 cm³/mol. The molecule has 3 aromatic carbocycles. The van der Waals surface area contributed by atoms with Gasteiger partial charge in [0, 0.05) is 19.2 Å². The Labute approximate surface area is 205 Å². The minimum atomic E-state index is -0.349. The Bertz CT molecular complexity index is 1130. The van der Waals surface area contributed by atoms with E-state index >= 15 is 0 Å². The van der Waals surface area contributed by atoms with Crippen molar-refractivity contribution in [1.82, 2.24) is 10.2 Å². The van der Waals surface area contributed by atoms with Crippen molar-refractivity contribution in [2.45, 2.75) is 32.9 Å². The molecule has 7 heteroatoms. The smallest absolute Gasteiger partial charge is 0.257 e. The van der Waals surface area contributed by atoms with E-state index in [9.17, 15) is 9.59 Å². The van der Waals surface area contributed by atoms with Gasteiger partial charge in [0.2, 0.25) is 0 Å². The molecule has 3 rings (SSSR count). The molecule has 6 nitrogen and oxygen atoms in total. The Morgan fingerprint density at radius 2 is 1.62 bits per heavy atom. The van der Waals surface area contributed by atoms with Crippen LogP contribution in [0.5, 0.6) is 5.75 Å². The van der Waals surface area contributed by atoms with E-state index in [1.165, 1.54) is 0 Å². The van der Waals surface area contributed by atoms with Crippen LogP contribution in [0.3, 0.4) is 0 Å². The highest BCUT2D eigenvalue weighted by Gasteiger charge is 2.17. The van der Waals surface area contributed by atoms with Gasteiger partial charge >= 0.3 is 0 Å².